The molecule has 0 aliphatic heterocycles. The Kier molecular flexibility index (Phi) is 3.39. The normalized spacial score (nSPS) is 11.4. The van der Waals surface area contributed by atoms with Crippen LogP contribution in [0.5, 0.6) is 5.75 Å². The fourth-order valence-electron chi connectivity index (χ4n) is 1.54. The van der Waals surface area contributed by atoms with Crippen molar-refractivity contribution in [2.45, 2.75) is 6.18 Å². The van der Waals surface area contributed by atoms with Crippen LogP contribution in [0.4, 0.5) is 13.2 Å². The zero-order valence-electron chi connectivity index (χ0n) is 10.1. The number of carbonyl (C=O) groups is 1. The largest absolute Gasteiger partial charge is 0.497 e. The summed E-state index contributed by atoms with van der Waals surface area (Å²) in [5.41, 5.74) is -1.38. The van der Waals surface area contributed by atoms with Crippen LogP contribution in [0.15, 0.2) is 28.7 Å². The van der Waals surface area contributed by atoms with Crippen LogP contribution in [0, 0.1) is 0 Å². The number of rotatable bonds is 3. The summed E-state index contributed by atoms with van der Waals surface area (Å²) >= 11 is 0. The lowest BCUT2D eigenvalue weighted by Gasteiger charge is -2.01. The summed E-state index contributed by atoms with van der Waals surface area (Å²) in [7, 11) is 1.39. The molecule has 0 saturated carbocycles. The van der Waals surface area contributed by atoms with Crippen LogP contribution in [-0.4, -0.2) is 23.2 Å². The molecule has 0 spiro atoms. The molecule has 8 heteroatoms. The van der Waals surface area contributed by atoms with Gasteiger partial charge in [0.05, 0.1) is 7.11 Å². The molecule has 5 nitrogen and oxygen atoms in total. The second kappa shape index (κ2) is 4.87. The maximum absolute atomic E-state index is 12.7. The van der Waals surface area contributed by atoms with Gasteiger partial charge in [-0.1, -0.05) is 6.07 Å². The standard InChI is InChI=1S/C12H8F3NO4/c1-19-7-4-2-3-6(5-7)10-16-9(12(13,14)15)8(20-10)11(17)18/h2-5H,1H3,(H,17,18). The molecule has 0 radical (unpaired) electrons. The summed E-state index contributed by atoms with van der Waals surface area (Å²) in [5, 5.41) is 8.73. The Morgan fingerprint density at radius 1 is 1.40 bits per heavy atom. The molecule has 106 valence electrons. The Morgan fingerprint density at radius 2 is 2.10 bits per heavy atom. The van der Waals surface area contributed by atoms with E-state index >= 15 is 0 Å². The van der Waals surface area contributed by atoms with E-state index in [0.29, 0.717) is 5.75 Å². The molecule has 20 heavy (non-hydrogen) atoms. The van der Waals surface area contributed by atoms with Crippen molar-refractivity contribution < 1.29 is 32.2 Å². The van der Waals surface area contributed by atoms with E-state index in [-0.39, 0.29) is 5.56 Å². The van der Waals surface area contributed by atoms with Crippen LogP contribution < -0.4 is 4.74 Å². The molecule has 1 aromatic carbocycles. The van der Waals surface area contributed by atoms with Gasteiger partial charge >= 0.3 is 12.1 Å². The quantitative estimate of drug-likeness (QED) is 0.939. The van der Waals surface area contributed by atoms with Crippen molar-refractivity contribution in [3.05, 3.63) is 35.7 Å². The minimum Gasteiger partial charge on any atom is -0.497 e. The number of benzene rings is 1. The molecule has 1 N–H and O–H groups in total. The first-order chi connectivity index (χ1) is 9.32. The number of alkyl halides is 3. The van der Waals surface area contributed by atoms with Gasteiger partial charge in [-0.25, -0.2) is 9.78 Å². The van der Waals surface area contributed by atoms with Gasteiger partial charge < -0.3 is 14.3 Å². The van der Waals surface area contributed by atoms with Crippen LogP contribution in [-0.2, 0) is 6.18 Å². The van der Waals surface area contributed by atoms with Crippen LogP contribution in [0.2, 0.25) is 0 Å². The van der Waals surface area contributed by atoms with Gasteiger partial charge in [-0.05, 0) is 18.2 Å². The number of hydrogen-bond donors (Lipinski definition) is 1. The third-order valence-electron chi connectivity index (χ3n) is 2.41. The lowest BCUT2D eigenvalue weighted by Crippen LogP contribution is -2.11. The highest BCUT2D eigenvalue weighted by Crippen LogP contribution is 2.34. The molecule has 0 bridgehead atoms. The first kappa shape index (κ1) is 13.9. The molecule has 0 fully saturated rings. The highest BCUT2D eigenvalue weighted by atomic mass is 19.4. The molecule has 0 atom stereocenters. The number of hydrogen-bond acceptors (Lipinski definition) is 4. The maximum Gasteiger partial charge on any atom is 0.437 e. The van der Waals surface area contributed by atoms with Gasteiger partial charge in [-0.2, -0.15) is 13.2 Å². The van der Waals surface area contributed by atoms with Crippen LogP contribution in [0.3, 0.4) is 0 Å². The Labute approximate surface area is 110 Å². The molecule has 0 aliphatic rings. The van der Waals surface area contributed by atoms with E-state index < -0.39 is 29.5 Å². The molecule has 0 amide bonds. The summed E-state index contributed by atoms with van der Waals surface area (Å²) in [6, 6.07) is 5.92. The lowest BCUT2D eigenvalue weighted by molar-refractivity contribution is -0.141. The fourth-order valence-corrected chi connectivity index (χ4v) is 1.54. The first-order valence-corrected chi connectivity index (χ1v) is 5.28. The lowest BCUT2D eigenvalue weighted by atomic mass is 10.2. The van der Waals surface area contributed by atoms with Gasteiger partial charge in [0.15, 0.2) is 5.69 Å². The van der Waals surface area contributed by atoms with Crippen molar-refractivity contribution in [3.8, 4) is 17.2 Å². The van der Waals surface area contributed by atoms with Gasteiger partial charge in [0.25, 0.3) is 0 Å². The topological polar surface area (TPSA) is 72.6 Å². The van der Waals surface area contributed by atoms with Crippen molar-refractivity contribution in [1.29, 1.82) is 0 Å². The predicted molar refractivity (Wildman–Crippen MR) is 60.5 cm³/mol. The summed E-state index contributed by atoms with van der Waals surface area (Å²) in [6.07, 6.45) is -4.91. The Morgan fingerprint density at radius 3 is 2.60 bits per heavy atom. The van der Waals surface area contributed by atoms with Crippen LogP contribution >= 0.6 is 0 Å². The molecular weight excluding hydrogens is 279 g/mol. The summed E-state index contributed by atoms with van der Waals surface area (Å²) in [5.74, 6) is -3.13. The van der Waals surface area contributed by atoms with Gasteiger partial charge in [0.2, 0.25) is 11.7 Å². The van der Waals surface area contributed by atoms with Crippen LogP contribution in [0.1, 0.15) is 16.2 Å². The summed E-state index contributed by atoms with van der Waals surface area (Å²) in [4.78, 5) is 14.0. The van der Waals surface area contributed by atoms with Crippen molar-refractivity contribution >= 4 is 5.97 Å². The number of halogens is 3. The zero-order chi connectivity index (χ0) is 14.9. The average molecular weight is 287 g/mol. The zero-order valence-corrected chi connectivity index (χ0v) is 10.1. The molecular formula is C12H8F3NO4. The number of aromatic nitrogens is 1. The highest BCUT2D eigenvalue weighted by molar-refractivity contribution is 5.86. The predicted octanol–water partition coefficient (Wildman–Crippen LogP) is 3.07. The molecule has 0 saturated heterocycles. The van der Waals surface area contributed by atoms with Crippen molar-refractivity contribution in [3.63, 3.8) is 0 Å². The van der Waals surface area contributed by atoms with Gasteiger partial charge in [-0.3, -0.25) is 0 Å². The molecule has 0 aliphatic carbocycles. The van der Waals surface area contributed by atoms with E-state index in [1.165, 1.54) is 25.3 Å². The molecule has 0 unspecified atom stereocenters. The third-order valence-corrected chi connectivity index (χ3v) is 2.41. The van der Waals surface area contributed by atoms with Crippen molar-refractivity contribution in [2.75, 3.05) is 7.11 Å². The number of carboxylic acid groups (broad SMARTS) is 1. The van der Waals surface area contributed by atoms with E-state index in [1.807, 2.05) is 0 Å². The minimum absolute atomic E-state index is 0.183. The summed E-state index contributed by atoms with van der Waals surface area (Å²) in [6.45, 7) is 0. The minimum atomic E-state index is -4.91. The number of nitrogens with zero attached hydrogens (tertiary/aromatic N) is 1. The van der Waals surface area contributed by atoms with Crippen molar-refractivity contribution in [1.82, 2.24) is 4.98 Å². The smallest absolute Gasteiger partial charge is 0.437 e. The molecule has 1 heterocycles. The first-order valence-electron chi connectivity index (χ1n) is 5.28. The third kappa shape index (κ3) is 2.58. The van der Waals surface area contributed by atoms with Gasteiger partial charge in [-0.15, -0.1) is 0 Å². The molecule has 2 rings (SSSR count). The monoisotopic (exact) mass is 287 g/mol. The SMILES string of the molecule is COc1cccc(-c2nc(C(F)(F)F)c(C(=O)O)o2)c1. The fraction of sp³-hybridized carbons (Fsp3) is 0.167. The van der Waals surface area contributed by atoms with Gasteiger partial charge in [0, 0.05) is 5.56 Å². The number of carboxylic acids is 1. The number of methoxy groups -OCH3 is 1. The number of ether oxygens (including phenoxy) is 1. The molecule has 2 aromatic rings. The van der Waals surface area contributed by atoms with E-state index in [4.69, 9.17) is 14.3 Å². The van der Waals surface area contributed by atoms with E-state index in [0.717, 1.165) is 0 Å². The van der Waals surface area contributed by atoms with E-state index in [9.17, 15) is 18.0 Å². The van der Waals surface area contributed by atoms with E-state index in [2.05, 4.69) is 4.98 Å². The summed E-state index contributed by atoms with van der Waals surface area (Å²) < 4.78 is 47.6. The average Bonchev–Trinajstić information content (AvgIpc) is 2.84. The Hall–Kier alpha value is -2.51. The van der Waals surface area contributed by atoms with Crippen LogP contribution in [0.25, 0.3) is 11.5 Å². The highest BCUT2D eigenvalue weighted by Gasteiger charge is 2.41. The molecule has 1 aromatic heterocycles. The second-order valence-electron chi connectivity index (χ2n) is 3.73. The maximum atomic E-state index is 12.7. The second-order valence-corrected chi connectivity index (χ2v) is 3.73. The number of aromatic carboxylic acids is 1. The van der Waals surface area contributed by atoms with Gasteiger partial charge in [0.1, 0.15) is 5.75 Å². The van der Waals surface area contributed by atoms with E-state index in [1.54, 1.807) is 6.07 Å². The Balaban J connectivity index is 2.56. The van der Waals surface area contributed by atoms with Crippen molar-refractivity contribution in [2.24, 2.45) is 0 Å². The number of oxazole rings is 1. The Bertz CT molecular complexity index is 648.